The third kappa shape index (κ3) is 4.40. The van der Waals surface area contributed by atoms with Crippen molar-refractivity contribution >= 4 is 17.7 Å². The van der Waals surface area contributed by atoms with Crippen LogP contribution >= 0.6 is 11.8 Å². The van der Waals surface area contributed by atoms with Gasteiger partial charge in [0.05, 0.1) is 11.3 Å². The summed E-state index contributed by atoms with van der Waals surface area (Å²) in [6.45, 7) is 9.23. The summed E-state index contributed by atoms with van der Waals surface area (Å²) in [5.41, 5.74) is 0.999. The average Bonchev–Trinajstić information content (AvgIpc) is 3.03. The smallest absolute Gasteiger partial charge is 0.277 e. The maximum atomic E-state index is 12.4. The molecule has 6 nitrogen and oxygen atoms in total. The third-order valence-corrected chi connectivity index (χ3v) is 5.13. The van der Waals surface area contributed by atoms with Gasteiger partial charge in [0.1, 0.15) is 5.54 Å². The molecule has 132 valence electrons. The van der Waals surface area contributed by atoms with E-state index in [2.05, 4.69) is 21.6 Å². The molecule has 1 aromatic heterocycles. The van der Waals surface area contributed by atoms with E-state index in [-0.39, 0.29) is 11.8 Å². The Labute approximate surface area is 152 Å². The summed E-state index contributed by atoms with van der Waals surface area (Å²) in [5, 5.41) is 20.0. The second-order valence-electron chi connectivity index (χ2n) is 6.41. The minimum atomic E-state index is -0.910. The molecule has 0 fully saturated rings. The number of carbonyl (C=O) groups excluding carboxylic acids is 1. The van der Waals surface area contributed by atoms with Gasteiger partial charge in [0.25, 0.3) is 5.22 Å². The SMILES string of the molecule is Cc1ccccc1-c1nnc(S[C@@H](C)C(=O)N[C@](C)(C#N)C(C)C)o1. The second-order valence-corrected chi connectivity index (χ2v) is 7.70. The molecule has 1 amide bonds. The number of nitrogens with one attached hydrogen (secondary N) is 1. The number of carbonyl (C=O) groups is 1. The molecule has 0 aliphatic heterocycles. The van der Waals surface area contributed by atoms with Gasteiger partial charge in [0.2, 0.25) is 11.8 Å². The van der Waals surface area contributed by atoms with Crippen LogP contribution in [-0.2, 0) is 4.79 Å². The molecule has 1 N–H and O–H groups in total. The van der Waals surface area contributed by atoms with E-state index in [0.717, 1.165) is 11.1 Å². The molecule has 2 atom stereocenters. The lowest BCUT2D eigenvalue weighted by Crippen LogP contribution is -2.51. The van der Waals surface area contributed by atoms with Gasteiger partial charge < -0.3 is 9.73 Å². The number of aromatic nitrogens is 2. The first-order valence-corrected chi connectivity index (χ1v) is 8.94. The molecule has 7 heteroatoms. The van der Waals surface area contributed by atoms with E-state index in [1.807, 2.05) is 45.0 Å². The predicted molar refractivity (Wildman–Crippen MR) is 96.8 cm³/mol. The lowest BCUT2D eigenvalue weighted by molar-refractivity contribution is -0.121. The van der Waals surface area contributed by atoms with Crippen LogP contribution in [0.4, 0.5) is 0 Å². The topological polar surface area (TPSA) is 91.8 Å². The summed E-state index contributed by atoms with van der Waals surface area (Å²) in [7, 11) is 0. The molecule has 0 saturated carbocycles. The molecule has 2 aromatic rings. The fraction of sp³-hybridized carbons (Fsp3) is 0.444. The molecule has 2 rings (SSSR count). The lowest BCUT2D eigenvalue weighted by atomic mass is 9.90. The molecular weight excluding hydrogens is 336 g/mol. The van der Waals surface area contributed by atoms with Gasteiger partial charge in [0.15, 0.2) is 0 Å². The summed E-state index contributed by atoms with van der Waals surface area (Å²) >= 11 is 1.17. The van der Waals surface area contributed by atoms with Crippen LogP contribution < -0.4 is 5.32 Å². The summed E-state index contributed by atoms with van der Waals surface area (Å²) in [5.74, 6) is 0.186. The van der Waals surface area contributed by atoms with Crippen LogP contribution in [-0.4, -0.2) is 26.9 Å². The van der Waals surface area contributed by atoms with Gasteiger partial charge in [-0.3, -0.25) is 4.79 Å². The Kier molecular flexibility index (Phi) is 5.85. The van der Waals surface area contributed by atoms with E-state index in [1.165, 1.54) is 11.8 Å². The minimum absolute atomic E-state index is 0.00490. The summed E-state index contributed by atoms with van der Waals surface area (Å²) in [6, 6.07) is 9.90. The van der Waals surface area contributed by atoms with Crippen molar-refractivity contribution in [1.82, 2.24) is 15.5 Å². The molecule has 0 aliphatic carbocycles. The highest BCUT2D eigenvalue weighted by molar-refractivity contribution is 8.00. The van der Waals surface area contributed by atoms with Crippen molar-refractivity contribution in [3.8, 4) is 17.5 Å². The first kappa shape index (κ1) is 19.0. The Hall–Kier alpha value is -2.33. The second kappa shape index (κ2) is 7.70. The quantitative estimate of drug-likeness (QED) is 0.794. The van der Waals surface area contributed by atoms with Gasteiger partial charge in [-0.15, -0.1) is 10.2 Å². The number of nitrogens with zero attached hydrogens (tertiary/aromatic N) is 3. The number of hydrogen-bond acceptors (Lipinski definition) is 6. The average molecular weight is 358 g/mol. The fourth-order valence-corrected chi connectivity index (χ4v) is 2.73. The monoisotopic (exact) mass is 358 g/mol. The standard InChI is InChI=1S/C18H22N4O2S/c1-11(2)18(5,10-19)20-15(23)13(4)25-17-22-21-16(24-17)14-9-7-6-8-12(14)3/h6-9,11,13H,1-5H3,(H,20,23)/t13-,18+/m0/s1. The largest absolute Gasteiger partial charge is 0.411 e. The van der Waals surface area contributed by atoms with Gasteiger partial charge in [-0.1, -0.05) is 43.8 Å². The zero-order valence-electron chi connectivity index (χ0n) is 15.0. The zero-order chi connectivity index (χ0) is 18.6. The van der Waals surface area contributed by atoms with Gasteiger partial charge in [-0.05, 0) is 38.3 Å². The Morgan fingerprint density at radius 2 is 2.00 bits per heavy atom. The van der Waals surface area contributed by atoms with Crippen LogP contribution in [0.3, 0.4) is 0 Å². The van der Waals surface area contributed by atoms with Crippen LogP contribution in [0, 0.1) is 24.2 Å². The highest BCUT2D eigenvalue weighted by atomic mass is 32.2. The van der Waals surface area contributed by atoms with E-state index < -0.39 is 10.8 Å². The minimum Gasteiger partial charge on any atom is -0.411 e. The first-order chi connectivity index (χ1) is 11.8. The third-order valence-electron chi connectivity index (χ3n) is 4.20. The number of amides is 1. The molecular formula is C18H22N4O2S. The molecule has 25 heavy (non-hydrogen) atoms. The van der Waals surface area contributed by atoms with Crippen molar-refractivity contribution in [2.75, 3.05) is 0 Å². The van der Waals surface area contributed by atoms with E-state index in [9.17, 15) is 10.1 Å². The molecule has 0 aliphatic rings. The van der Waals surface area contributed by atoms with Crippen molar-refractivity contribution in [3.63, 3.8) is 0 Å². The summed E-state index contributed by atoms with van der Waals surface area (Å²) in [4.78, 5) is 12.4. The predicted octanol–water partition coefficient (Wildman–Crippen LogP) is 3.58. The Morgan fingerprint density at radius 3 is 2.60 bits per heavy atom. The number of rotatable bonds is 6. The summed E-state index contributed by atoms with van der Waals surface area (Å²) < 4.78 is 5.67. The summed E-state index contributed by atoms with van der Waals surface area (Å²) in [6.07, 6.45) is 0. The molecule has 1 aromatic carbocycles. The van der Waals surface area contributed by atoms with Crippen molar-refractivity contribution in [1.29, 1.82) is 5.26 Å². The van der Waals surface area contributed by atoms with Gasteiger partial charge in [-0.2, -0.15) is 5.26 Å². The van der Waals surface area contributed by atoms with Crippen LogP contribution in [0.1, 0.15) is 33.3 Å². The molecule has 0 unspecified atom stereocenters. The Bertz CT molecular complexity index is 796. The van der Waals surface area contributed by atoms with Gasteiger partial charge >= 0.3 is 0 Å². The normalized spacial score (nSPS) is 14.6. The van der Waals surface area contributed by atoms with Crippen LogP contribution in [0.15, 0.2) is 33.9 Å². The number of hydrogen-bond donors (Lipinski definition) is 1. The maximum absolute atomic E-state index is 12.4. The fourth-order valence-electron chi connectivity index (χ4n) is 2.04. The van der Waals surface area contributed by atoms with Crippen LogP contribution in [0.25, 0.3) is 11.5 Å². The highest BCUT2D eigenvalue weighted by Crippen LogP contribution is 2.28. The number of thioether (sulfide) groups is 1. The maximum Gasteiger partial charge on any atom is 0.277 e. The van der Waals surface area contributed by atoms with E-state index in [1.54, 1.807) is 13.8 Å². The first-order valence-electron chi connectivity index (χ1n) is 8.06. The molecule has 0 radical (unpaired) electrons. The zero-order valence-corrected chi connectivity index (χ0v) is 15.8. The Morgan fingerprint density at radius 1 is 1.32 bits per heavy atom. The van der Waals surface area contributed by atoms with E-state index in [4.69, 9.17) is 4.42 Å². The van der Waals surface area contributed by atoms with Gasteiger partial charge in [-0.25, -0.2) is 0 Å². The molecule has 1 heterocycles. The van der Waals surface area contributed by atoms with Crippen LogP contribution in [0.5, 0.6) is 0 Å². The molecule has 0 saturated heterocycles. The Balaban J connectivity index is 2.07. The van der Waals surface area contributed by atoms with Crippen molar-refractivity contribution in [3.05, 3.63) is 29.8 Å². The van der Waals surface area contributed by atoms with E-state index in [0.29, 0.717) is 11.1 Å². The number of benzene rings is 1. The van der Waals surface area contributed by atoms with Crippen molar-refractivity contribution in [2.45, 2.75) is 50.6 Å². The van der Waals surface area contributed by atoms with Crippen molar-refractivity contribution < 1.29 is 9.21 Å². The number of nitriles is 1. The van der Waals surface area contributed by atoms with Gasteiger partial charge in [0, 0.05) is 5.56 Å². The molecule has 0 spiro atoms. The van der Waals surface area contributed by atoms with Crippen LogP contribution in [0.2, 0.25) is 0 Å². The lowest BCUT2D eigenvalue weighted by Gasteiger charge is -2.28. The number of aryl methyl sites for hydroxylation is 1. The highest BCUT2D eigenvalue weighted by Gasteiger charge is 2.32. The van der Waals surface area contributed by atoms with Crippen molar-refractivity contribution in [2.24, 2.45) is 5.92 Å². The molecule has 0 bridgehead atoms. The van der Waals surface area contributed by atoms with E-state index >= 15 is 0 Å².